The molecule has 1 heterocycles. The van der Waals surface area contributed by atoms with Crippen molar-refractivity contribution in [2.24, 2.45) is 5.92 Å². The molecule has 0 saturated heterocycles. The van der Waals surface area contributed by atoms with Crippen molar-refractivity contribution in [3.8, 4) is 11.3 Å². The first-order valence-corrected chi connectivity index (χ1v) is 8.16. The van der Waals surface area contributed by atoms with Crippen LogP contribution in [0.2, 0.25) is 0 Å². The van der Waals surface area contributed by atoms with Crippen LogP contribution in [0.5, 0.6) is 0 Å². The molecule has 1 unspecified atom stereocenters. The lowest BCUT2D eigenvalue weighted by molar-refractivity contribution is -0.144. The molecule has 7 nitrogen and oxygen atoms in total. The fourth-order valence-corrected chi connectivity index (χ4v) is 3.28. The van der Waals surface area contributed by atoms with Gasteiger partial charge in [0.15, 0.2) is 5.76 Å². The minimum absolute atomic E-state index is 0.225. The Kier molecular flexibility index (Phi) is 4.81. The van der Waals surface area contributed by atoms with Crippen LogP contribution < -0.4 is 4.72 Å². The monoisotopic (exact) mass is 324 g/mol. The Morgan fingerprint density at radius 2 is 2.05 bits per heavy atom. The zero-order valence-electron chi connectivity index (χ0n) is 12.1. The molecule has 8 heteroatoms. The molecule has 0 saturated carbocycles. The van der Waals surface area contributed by atoms with Gasteiger partial charge < -0.3 is 9.26 Å². The van der Waals surface area contributed by atoms with Crippen molar-refractivity contribution in [2.75, 3.05) is 17.6 Å². The van der Waals surface area contributed by atoms with Gasteiger partial charge >= 0.3 is 5.97 Å². The first kappa shape index (κ1) is 16.0. The van der Waals surface area contributed by atoms with Gasteiger partial charge in [0.1, 0.15) is 5.69 Å². The van der Waals surface area contributed by atoms with Crippen LogP contribution in [0.4, 0.5) is 5.69 Å². The summed E-state index contributed by atoms with van der Waals surface area (Å²) >= 11 is 0. The third kappa shape index (κ3) is 3.85. The van der Waals surface area contributed by atoms with E-state index >= 15 is 0 Å². The lowest BCUT2D eigenvalue weighted by Crippen LogP contribution is -2.26. The number of hydrogen-bond acceptors (Lipinski definition) is 6. The van der Waals surface area contributed by atoms with Crippen molar-refractivity contribution in [1.82, 2.24) is 5.16 Å². The molecule has 1 aromatic carbocycles. The van der Waals surface area contributed by atoms with Gasteiger partial charge in [0, 0.05) is 5.56 Å². The van der Waals surface area contributed by atoms with E-state index in [0.29, 0.717) is 11.3 Å². The maximum Gasteiger partial charge on any atom is 0.309 e. The molecular weight excluding hydrogens is 308 g/mol. The zero-order chi connectivity index (χ0) is 16.2. The van der Waals surface area contributed by atoms with E-state index in [1.807, 2.05) is 6.07 Å². The molecule has 0 aliphatic carbocycles. The molecule has 0 spiro atoms. The van der Waals surface area contributed by atoms with Crippen molar-refractivity contribution in [3.63, 3.8) is 0 Å². The number of aromatic nitrogens is 1. The molecule has 1 aromatic heterocycles. The van der Waals surface area contributed by atoms with Gasteiger partial charge in [0.25, 0.3) is 0 Å². The lowest BCUT2D eigenvalue weighted by Gasteiger charge is -2.11. The van der Waals surface area contributed by atoms with Crippen LogP contribution in [0.3, 0.4) is 0 Å². The van der Waals surface area contributed by atoms with Crippen molar-refractivity contribution in [2.45, 2.75) is 6.92 Å². The summed E-state index contributed by atoms with van der Waals surface area (Å²) in [5.41, 5.74) is 0.919. The highest BCUT2D eigenvalue weighted by atomic mass is 32.2. The van der Waals surface area contributed by atoms with Crippen LogP contribution in [0.15, 0.2) is 41.1 Å². The molecule has 1 N–H and O–H groups in total. The molecule has 0 fully saturated rings. The Labute approximate surface area is 128 Å². The van der Waals surface area contributed by atoms with Crippen molar-refractivity contribution in [3.05, 3.63) is 36.5 Å². The number of carbonyl (C=O) groups is 1. The molecule has 1 atom stereocenters. The summed E-state index contributed by atoms with van der Waals surface area (Å²) in [6.07, 6.45) is 1.28. The number of benzene rings is 1. The molecular formula is C14H16N2O5S. The van der Waals surface area contributed by atoms with Gasteiger partial charge in [-0.1, -0.05) is 42.4 Å². The fourth-order valence-electron chi connectivity index (χ4n) is 1.92. The number of anilines is 1. The second-order valence-electron chi connectivity index (χ2n) is 4.74. The summed E-state index contributed by atoms with van der Waals surface area (Å²) in [5, 5.41) is 3.62. The van der Waals surface area contributed by atoms with E-state index in [-0.39, 0.29) is 11.4 Å². The Morgan fingerprint density at radius 1 is 1.36 bits per heavy atom. The van der Waals surface area contributed by atoms with E-state index in [1.165, 1.54) is 20.2 Å². The van der Waals surface area contributed by atoms with Crippen LogP contribution in [-0.4, -0.2) is 32.4 Å². The van der Waals surface area contributed by atoms with Crippen molar-refractivity contribution < 1.29 is 22.5 Å². The summed E-state index contributed by atoms with van der Waals surface area (Å²) in [6.45, 7) is 1.48. The molecule has 118 valence electrons. The van der Waals surface area contributed by atoms with Crippen LogP contribution >= 0.6 is 0 Å². The number of carbonyl (C=O) groups excluding carboxylic acids is 1. The number of rotatable bonds is 6. The van der Waals surface area contributed by atoms with Crippen molar-refractivity contribution >= 4 is 21.7 Å². The highest BCUT2D eigenvalue weighted by molar-refractivity contribution is 7.92. The molecule has 0 amide bonds. The highest BCUT2D eigenvalue weighted by Crippen LogP contribution is 2.28. The smallest absolute Gasteiger partial charge is 0.309 e. The predicted molar refractivity (Wildman–Crippen MR) is 80.5 cm³/mol. The Morgan fingerprint density at radius 3 is 2.68 bits per heavy atom. The second-order valence-corrected chi connectivity index (χ2v) is 6.51. The summed E-state index contributed by atoms with van der Waals surface area (Å²) < 4.78 is 36.3. The molecule has 0 aliphatic rings. The van der Waals surface area contributed by atoms with Gasteiger partial charge in [-0.2, -0.15) is 0 Å². The standard InChI is InChI=1S/C14H16N2O5S/c1-10(14(17)20-2)9-22(18,19)16-12-8-15-21-13(12)11-6-4-3-5-7-11/h3-8,10,16H,9H2,1-2H3. The third-order valence-corrected chi connectivity index (χ3v) is 4.41. The average Bonchev–Trinajstić information content (AvgIpc) is 2.94. The van der Waals surface area contributed by atoms with Crippen LogP contribution in [0.25, 0.3) is 11.3 Å². The maximum absolute atomic E-state index is 12.1. The number of esters is 1. The Balaban J connectivity index is 2.18. The average molecular weight is 324 g/mol. The van der Waals surface area contributed by atoms with Gasteiger partial charge in [0.2, 0.25) is 10.0 Å². The SMILES string of the molecule is COC(=O)C(C)CS(=O)(=O)Nc1cnoc1-c1ccccc1. The van der Waals surface area contributed by atoms with E-state index in [9.17, 15) is 13.2 Å². The maximum atomic E-state index is 12.1. The number of sulfonamides is 1. The van der Waals surface area contributed by atoms with E-state index < -0.39 is 21.9 Å². The normalized spacial score (nSPS) is 12.6. The van der Waals surface area contributed by atoms with E-state index in [0.717, 1.165) is 0 Å². The van der Waals surface area contributed by atoms with Gasteiger partial charge in [-0.25, -0.2) is 8.42 Å². The number of methoxy groups -OCH3 is 1. The quantitative estimate of drug-likeness (QED) is 0.815. The summed E-state index contributed by atoms with van der Waals surface area (Å²) in [5.74, 6) is -1.43. The lowest BCUT2D eigenvalue weighted by atomic mass is 10.1. The minimum atomic E-state index is -3.74. The van der Waals surface area contributed by atoms with Crippen molar-refractivity contribution in [1.29, 1.82) is 0 Å². The van der Waals surface area contributed by atoms with Gasteiger partial charge in [-0.15, -0.1) is 0 Å². The molecule has 2 aromatic rings. The Hall–Kier alpha value is -2.35. The predicted octanol–water partition coefficient (Wildman–Crippen LogP) is 1.89. The minimum Gasteiger partial charge on any atom is -0.469 e. The number of hydrogen-bond donors (Lipinski definition) is 1. The van der Waals surface area contributed by atoms with Gasteiger partial charge in [-0.05, 0) is 0 Å². The number of nitrogens with one attached hydrogen (secondary N) is 1. The first-order chi connectivity index (χ1) is 10.4. The second kappa shape index (κ2) is 6.61. The summed E-state index contributed by atoms with van der Waals surface area (Å²) in [4.78, 5) is 11.3. The number of nitrogens with zero attached hydrogens (tertiary/aromatic N) is 1. The largest absolute Gasteiger partial charge is 0.469 e. The van der Waals surface area contributed by atoms with E-state index in [2.05, 4.69) is 14.6 Å². The number of ether oxygens (including phenoxy) is 1. The topological polar surface area (TPSA) is 98.5 Å². The highest BCUT2D eigenvalue weighted by Gasteiger charge is 2.24. The van der Waals surface area contributed by atoms with Crippen LogP contribution in [-0.2, 0) is 19.6 Å². The van der Waals surface area contributed by atoms with Gasteiger partial charge in [0.05, 0.1) is 25.0 Å². The Bertz CT molecular complexity index is 740. The summed E-state index contributed by atoms with van der Waals surface area (Å²) in [7, 11) is -2.53. The molecule has 0 aliphatic heterocycles. The molecule has 2 rings (SSSR count). The third-order valence-electron chi connectivity index (χ3n) is 2.94. The zero-order valence-corrected chi connectivity index (χ0v) is 13.0. The first-order valence-electron chi connectivity index (χ1n) is 6.51. The molecule has 22 heavy (non-hydrogen) atoms. The van der Waals surface area contributed by atoms with E-state index in [1.54, 1.807) is 24.3 Å². The summed E-state index contributed by atoms with van der Waals surface area (Å²) in [6, 6.07) is 8.98. The fraction of sp³-hybridized carbons (Fsp3) is 0.286. The van der Waals surface area contributed by atoms with Crippen LogP contribution in [0, 0.1) is 5.92 Å². The van der Waals surface area contributed by atoms with Crippen LogP contribution in [0.1, 0.15) is 6.92 Å². The van der Waals surface area contributed by atoms with Gasteiger partial charge in [-0.3, -0.25) is 9.52 Å². The van der Waals surface area contributed by atoms with E-state index in [4.69, 9.17) is 4.52 Å². The molecule has 0 radical (unpaired) electrons. The molecule has 0 bridgehead atoms.